The number of carbonyl (C=O) groups is 1. The molecule has 1 spiro atoms. The van der Waals surface area contributed by atoms with Crippen LogP contribution in [-0.4, -0.2) is 57.0 Å². The molecule has 1 amide bonds. The maximum atomic E-state index is 13.5. The number of aromatic hydroxyl groups is 1. The first-order chi connectivity index (χ1) is 17.2. The fourth-order valence-electron chi connectivity index (χ4n) is 7.30. The molecule has 2 bridgehead atoms. The molecule has 3 aliphatic carbocycles. The van der Waals surface area contributed by atoms with E-state index in [0.717, 1.165) is 29.8 Å². The second-order valence-corrected chi connectivity index (χ2v) is 11.6. The number of aliphatic hydroxyl groups is 2. The zero-order valence-corrected chi connectivity index (χ0v) is 20.8. The van der Waals surface area contributed by atoms with Gasteiger partial charge in [0.05, 0.1) is 16.6 Å². The van der Waals surface area contributed by atoms with Crippen LogP contribution in [0.1, 0.15) is 42.4 Å². The van der Waals surface area contributed by atoms with Crippen molar-refractivity contribution in [1.29, 1.82) is 0 Å². The molecular formula is C28H29ClN2O5. The molecule has 1 saturated carbocycles. The number of phenolic OH excluding ortho intramolecular Hbond substituents is 1. The monoisotopic (exact) mass is 508 g/mol. The van der Waals surface area contributed by atoms with Crippen molar-refractivity contribution in [2.75, 3.05) is 18.4 Å². The van der Waals surface area contributed by atoms with Gasteiger partial charge in [-0.2, -0.15) is 0 Å². The molecule has 2 aromatic rings. The summed E-state index contributed by atoms with van der Waals surface area (Å²) in [5.41, 5.74) is 1.11. The Bertz CT molecular complexity index is 1350. The van der Waals surface area contributed by atoms with Crippen LogP contribution in [-0.2, 0) is 16.6 Å². The number of benzene rings is 2. The molecule has 2 aliphatic heterocycles. The minimum atomic E-state index is -1.33. The van der Waals surface area contributed by atoms with Crippen LogP contribution in [0, 0.1) is 12.8 Å². The van der Waals surface area contributed by atoms with E-state index in [1.165, 1.54) is 12.8 Å². The highest BCUT2D eigenvalue weighted by Gasteiger charge is 2.73. The summed E-state index contributed by atoms with van der Waals surface area (Å²) in [6.07, 6.45) is 2.68. The number of amides is 1. The van der Waals surface area contributed by atoms with Crippen molar-refractivity contribution in [3.8, 4) is 11.5 Å². The number of rotatable bonds is 4. The van der Waals surface area contributed by atoms with E-state index in [-0.39, 0.29) is 29.5 Å². The number of anilines is 1. The Hall–Kier alpha value is -2.74. The predicted octanol–water partition coefficient (Wildman–Crippen LogP) is 3.98. The van der Waals surface area contributed by atoms with E-state index in [2.05, 4.69) is 10.2 Å². The van der Waals surface area contributed by atoms with Gasteiger partial charge in [-0.15, -0.1) is 0 Å². The predicted molar refractivity (Wildman–Crippen MR) is 135 cm³/mol. The second kappa shape index (κ2) is 7.40. The fraction of sp³-hybridized carbons (Fsp3) is 0.464. The molecule has 5 aliphatic rings. The largest absolute Gasteiger partial charge is 0.508 e. The minimum Gasteiger partial charge on any atom is -0.508 e. The summed E-state index contributed by atoms with van der Waals surface area (Å²) >= 11 is 6.14. The standard InChI is InChI=1S/C28H29ClN2O5/c1-14-10-17(5-6-19(14)29)30-26(34)18-12-28(35)21-11-16-4-7-20(32)24-22(16)27(28,25(36-24)23(18)33)8-9-31(21)13-15-2-3-15/h4-7,10,15,21,25,32-33,35H,2-3,8-9,11-13H2,1H3,(H,30,34)/t21-,25+,27+,28-/m1/s1. The number of aryl methyl sites for hydroxylation is 1. The maximum Gasteiger partial charge on any atom is 0.255 e. The first-order valence-corrected chi connectivity index (χ1v) is 13.1. The number of likely N-dealkylation sites (tertiary alicyclic amines) is 1. The third-order valence-corrected chi connectivity index (χ3v) is 9.63. The lowest BCUT2D eigenvalue weighted by Gasteiger charge is -2.62. The van der Waals surface area contributed by atoms with Crippen LogP contribution in [0.15, 0.2) is 41.7 Å². The van der Waals surface area contributed by atoms with Gasteiger partial charge in [-0.1, -0.05) is 17.7 Å². The highest BCUT2D eigenvalue weighted by molar-refractivity contribution is 6.31. The zero-order valence-electron chi connectivity index (χ0n) is 20.1. The first-order valence-electron chi connectivity index (χ1n) is 12.7. The third kappa shape index (κ3) is 2.85. The van der Waals surface area contributed by atoms with Gasteiger partial charge in [0.2, 0.25) is 0 Å². The van der Waals surface area contributed by atoms with E-state index in [4.69, 9.17) is 16.3 Å². The van der Waals surface area contributed by atoms with Crippen molar-refractivity contribution < 1.29 is 24.9 Å². The molecule has 2 aromatic carbocycles. The highest BCUT2D eigenvalue weighted by Crippen LogP contribution is 2.66. The molecule has 36 heavy (non-hydrogen) atoms. The number of halogens is 1. The number of hydrogen-bond donors (Lipinski definition) is 4. The number of hydrogen-bond acceptors (Lipinski definition) is 6. The van der Waals surface area contributed by atoms with Gasteiger partial charge in [0.15, 0.2) is 17.6 Å². The molecule has 0 unspecified atom stereocenters. The van der Waals surface area contributed by atoms with Crippen LogP contribution < -0.4 is 10.1 Å². The van der Waals surface area contributed by atoms with E-state index in [0.29, 0.717) is 35.2 Å². The Morgan fingerprint density at radius 2 is 2.06 bits per heavy atom. The van der Waals surface area contributed by atoms with Gasteiger partial charge in [-0.25, -0.2) is 0 Å². The topological polar surface area (TPSA) is 102 Å². The van der Waals surface area contributed by atoms with Crippen LogP contribution in [0.5, 0.6) is 11.5 Å². The summed E-state index contributed by atoms with van der Waals surface area (Å²) in [5, 5.41) is 38.3. The molecule has 4 N–H and O–H groups in total. The third-order valence-electron chi connectivity index (χ3n) is 9.21. The molecule has 0 aromatic heterocycles. The van der Waals surface area contributed by atoms with Crippen molar-refractivity contribution in [2.24, 2.45) is 5.92 Å². The molecule has 7 rings (SSSR count). The first kappa shape index (κ1) is 22.5. The lowest BCUT2D eigenvalue weighted by atomic mass is 9.49. The van der Waals surface area contributed by atoms with Crippen LogP contribution in [0.3, 0.4) is 0 Å². The van der Waals surface area contributed by atoms with E-state index in [9.17, 15) is 20.1 Å². The molecule has 2 fully saturated rings. The molecule has 1 saturated heterocycles. The van der Waals surface area contributed by atoms with Gasteiger partial charge in [0.25, 0.3) is 5.91 Å². The Balaban J connectivity index is 1.34. The highest BCUT2D eigenvalue weighted by atomic mass is 35.5. The van der Waals surface area contributed by atoms with E-state index >= 15 is 0 Å². The number of nitrogens with zero attached hydrogens (tertiary/aromatic N) is 1. The molecule has 2 heterocycles. The summed E-state index contributed by atoms with van der Waals surface area (Å²) in [7, 11) is 0. The van der Waals surface area contributed by atoms with Gasteiger partial charge in [-0.05, 0) is 80.5 Å². The van der Waals surface area contributed by atoms with Gasteiger partial charge in [-0.3, -0.25) is 9.69 Å². The fourth-order valence-corrected chi connectivity index (χ4v) is 7.41. The second-order valence-electron chi connectivity index (χ2n) is 11.2. The van der Waals surface area contributed by atoms with Crippen molar-refractivity contribution in [3.05, 3.63) is 63.4 Å². The molecule has 4 atom stereocenters. The Morgan fingerprint density at radius 1 is 1.25 bits per heavy atom. The van der Waals surface area contributed by atoms with Crippen molar-refractivity contribution in [2.45, 2.75) is 62.2 Å². The summed E-state index contributed by atoms with van der Waals surface area (Å²) < 4.78 is 6.25. The normalized spacial score (nSPS) is 32.2. The lowest BCUT2D eigenvalue weighted by Crippen LogP contribution is -2.75. The van der Waals surface area contributed by atoms with Crippen molar-refractivity contribution in [3.63, 3.8) is 0 Å². The Kier molecular flexibility index (Phi) is 4.62. The number of piperidine rings is 1. The summed E-state index contributed by atoms with van der Waals surface area (Å²) in [4.78, 5) is 15.9. The van der Waals surface area contributed by atoms with Gasteiger partial charge >= 0.3 is 0 Å². The van der Waals surface area contributed by atoms with Crippen molar-refractivity contribution >= 4 is 23.2 Å². The van der Waals surface area contributed by atoms with Gasteiger partial charge < -0.3 is 25.4 Å². The van der Waals surface area contributed by atoms with Gasteiger partial charge in [0, 0.05) is 35.3 Å². The zero-order chi connectivity index (χ0) is 25.0. The molecular weight excluding hydrogens is 480 g/mol. The Morgan fingerprint density at radius 3 is 2.81 bits per heavy atom. The van der Waals surface area contributed by atoms with Crippen LogP contribution in [0.2, 0.25) is 5.02 Å². The van der Waals surface area contributed by atoms with Crippen LogP contribution >= 0.6 is 11.6 Å². The number of aliphatic hydroxyl groups excluding tert-OH is 1. The minimum absolute atomic E-state index is 0.00539. The average Bonchev–Trinajstić information content (AvgIpc) is 3.58. The smallest absolute Gasteiger partial charge is 0.255 e. The Labute approximate surface area is 214 Å². The van der Waals surface area contributed by atoms with E-state index in [1.54, 1.807) is 24.3 Å². The molecule has 188 valence electrons. The summed E-state index contributed by atoms with van der Waals surface area (Å²) in [6, 6.07) is 8.53. The number of carbonyl (C=O) groups excluding carboxylic acids is 1. The summed E-state index contributed by atoms with van der Waals surface area (Å²) in [5.74, 6) is 0.332. The van der Waals surface area contributed by atoms with Gasteiger partial charge in [0.1, 0.15) is 5.76 Å². The number of ether oxygens (including phenoxy) is 1. The quantitative estimate of drug-likeness (QED) is 0.498. The molecule has 7 nitrogen and oxygen atoms in total. The average molecular weight is 509 g/mol. The molecule has 0 radical (unpaired) electrons. The summed E-state index contributed by atoms with van der Waals surface area (Å²) in [6.45, 7) is 3.56. The maximum absolute atomic E-state index is 13.5. The van der Waals surface area contributed by atoms with Crippen molar-refractivity contribution in [1.82, 2.24) is 4.90 Å². The SMILES string of the molecule is Cc1cc(NC(=O)C2=C(O)[C@@H]3Oc4c(O)ccc5c4[C@@]34CCN(CC3CC3)[C@H](C5)[C@]4(O)C2)ccc1Cl. The number of phenols is 1. The lowest BCUT2D eigenvalue weighted by molar-refractivity contribution is -0.172. The van der Waals surface area contributed by atoms with Crippen LogP contribution in [0.25, 0.3) is 0 Å². The number of nitrogens with one attached hydrogen (secondary N) is 1. The van der Waals surface area contributed by atoms with Crippen LogP contribution in [0.4, 0.5) is 5.69 Å². The van der Waals surface area contributed by atoms with E-state index in [1.807, 2.05) is 13.0 Å². The van der Waals surface area contributed by atoms with E-state index < -0.39 is 23.0 Å². The molecule has 8 heteroatoms.